The number of carbonyl (C=O) groups excluding carboxylic acids is 2. The Hall–Kier alpha value is -4.29. The quantitative estimate of drug-likeness (QED) is 0.141. The second-order valence-electron chi connectivity index (χ2n) is 10.9. The molecular formula is C31H34N4O4. The van der Waals surface area contributed by atoms with Crippen molar-refractivity contribution in [2.45, 2.75) is 59.5 Å². The van der Waals surface area contributed by atoms with Crippen molar-refractivity contribution in [2.75, 3.05) is 18.6 Å². The number of carbonyl (C=O) groups is 2. The van der Waals surface area contributed by atoms with Gasteiger partial charge in [-0.25, -0.2) is 4.79 Å². The third-order valence-electron chi connectivity index (χ3n) is 7.16. The molecule has 3 aromatic carbocycles. The van der Waals surface area contributed by atoms with E-state index in [1.165, 1.54) is 4.90 Å². The summed E-state index contributed by atoms with van der Waals surface area (Å²) in [7, 11) is 1.63. The van der Waals surface area contributed by atoms with Gasteiger partial charge in [-0.15, -0.1) is 0 Å². The zero-order valence-electron chi connectivity index (χ0n) is 23.5. The summed E-state index contributed by atoms with van der Waals surface area (Å²) in [5.74, 6) is -0.476. The Balaban J connectivity index is 1.64. The third kappa shape index (κ3) is 5.47. The Morgan fingerprint density at radius 1 is 0.949 bits per heavy atom. The van der Waals surface area contributed by atoms with E-state index < -0.39 is 17.7 Å². The average molecular weight is 527 g/mol. The number of anilines is 1. The van der Waals surface area contributed by atoms with Crippen molar-refractivity contribution in [2.24, 2.45) is 5.11 Å². The van der Waals surface area contributed by atoms with E-state index >= 15 is 0 Å². The summed E-state index contributed by atoms with van der Waals surface area (Å²) in [5.41, 5.74) is 16.8. The summed E-state index contributed by atoms with van der Waals surface area (Å²) < 4.78 is 11.4. The van der Waals surface area contributed by atoms with Gasteiger partial charge in [-0.3, -0.25) is 9.69 Å². The number of nitrogens with zero attached hydrogens (tertiary/aromatic N) is 4. The minimum Gasteiger partial charge on any atom is -0.460 e. The highest BCUT2D eigenvalue weighted by molar-refractivity contribution is 5.92. The number of esters is 1. The van der Waals surface area contributed by atoms with Gasteiger partial charge in [0.2, 0.25) is 0 Å². The van der Waals surface area contributed by atoms with Crippen molar-refractivity contribution >= 4 is 23.4 Å². The van der Waals surface area contributed by atoms with Crippen LogP contribution in [0.5, 0.6) is 0 Å². The van der Waals surface area contributed by atoms with Gasteiger partial charge in [0, 0.05) is 23.6 Å². The highest BCUT2D eigenvalue weighted by atomic mass is 16.6. The molecule has 4 rings (SSSR count). The Labute approximate surface area is 229 Å². The Morgan fingerprint density at radius 3 is 2.05 bits per heavy atom. The van der Waals surface area contributed by atoms with Gasteiger partial charge in [-0.2, -0.15) is 0 Å². The number of hydrogen-bond acceptors (Lipinski definition) is 5. The summed E-state index contributed by atoms with van der Waals surface area (Å²) in [5, 5.41) is 3.90. The SMILES string of the molecule is Cc1c(CC(=O)OC(C)(C)C)c(C)c(N(C)C(=O)OCC2c3ccccc3-c3ccccc32)c(C)c1N=[N+]=[N-]. The van der Waals surface area contributed by atoms with E-state index in [0.29, 0.717) is 28.1 Å². The first kappa shape index (κ1) is 27.7. The van der Waals surface area contributed by atoms with E-state index in [4.69, 9.17) is 9.47 Å². The molecule has 0 radical (unpaired) electrons. The van der Waals surface area contributed by atoms with E-state index in [1.54, 1.807) is 20.9 Å². The maximum Gasteiger partial charge on any atom is 0.414 e. The van der Waals surface area contributed by atoms with E-state index in [9.17, 15) is 15.1 Å². The standard InChI is InChI=1S/C31H34N4O4/c1-18-25(16-27(36)39-31(4,5)6)19(2)29(20(3)28(18)33-34-32)35(7)30(37)38-17-26-23-14-10-8-12-21(23)22-13-9-11-15-24(22)26/h8-15,26H,16-17H2,1-7H3. The minimum absolute atomic E-state index is 0.0192. The minimum atomic E-state index is -0.641. The van der Waals surface area contributed by atoms with Crippen LogP contribution in [0.3, 0.4) is 0 Å². The summed E-state index contributed by atoms with van der Waals surface area (Å²) in [6, 6.07) is 16.3. The van der Waals surface area contributed by atoms with Crippen LogP contribution in [0.15, 0.2) is 53.6 Å². The van der Waals surface area contributed by atoms with Crippen LogP contribution in [-0.4, -0.2) is 31.3 Å². The lowest BCUT2D eigenvalue weighted by molar-refractivity contribution is -0.153. The van der Waals surface area contributed by atoms with Crippen molar-refractivity contribution in [3.8, 4) is 11.1 Å². The molecule has 39 heavy (non-hydrogen) atoms. The molecule has 1 amide bonds. The van der Waals surface area contributed by atoms with Gasteiger partial charge >= 0.3 is 12.1 Å². The number of benzene rings is 3. The topological polar surface area (TPSA) is 105 Å². The van der Waals surface area contributed by atoms with E-state index in [1.807, 2.05) is 52.0 Å². The van der Waals surface area contributed by atoms with Gasteiger partial charge < -0.3 is 9.47 Å². The first-order valence-electron chi connectivity index (χ1n) is 12.9. The molecule has 3 aromatic rings. The molecule has 0 aliphatic heterocycles. The molecule has 0 saturated heterocycles. The van der Waals surface area contributed by atoms with Crippen LogP contribution in [0, 0.1) is 20.8 Å². The lowest BCUT2D eigenvalue weighted by atomic mass is 9.92. The third-order valence-corrected chi connectivity index (χ3v) is 7.16. The average Bonchev–Trinajstić information content (AvgIpc) is 3.20. The van der Waals surface area contributed by atoms with Gasteiger partial charge in [0.05, 0.1) is 12.1 Å². The van der Waals surface area contributed by atoms with Gasteiger partial charge in [-0.1, -0.05) is 53.6 Å². The number of rotatable bonds is 6. The lowest BCUT2D eigenvalue weighted by Gasteiger charge is -2.27. The molecule has 0 spiro atoms. The molecule has 8 heteroatoms. The highest BCUT2D eigenvalue weighted by Gasteiger charge is 2.31. The molecule has 1 aliphatic carbocycles. The maximum absolute atomic E-state index is 13.4. The molecule has 0 heterocycles. The highest BCUT2D eigenvalue weighted by Crippen LogP contribution is 2.45. The Morgan fingerprint density at radius 2 is 1.51 bits per heavy atom. The lowest BCUT2D eigenvalue weighted by Crippen LogP contribution is -2.30. The fourth-order valence-corrected chi connectivity index (χ4v) is 5.51. The van der Waals surface area contributed by atoms with Gasteiger partial charge in [-0.05, 0) is 91.6 Å². The Kier molecular flexibility index (Phi) is 7.70. The van der Waals surface area contributed by atoms with Crippen molar-refractivity contribution in [3.63, 3.8) is 0 Å². The second kappa shape index (κ2) is 10.8. The monoisotopic (exact) mass is 526 g/mol. The van der Waals surface area contributed by atoms with Crippen LogP contribution < -0.4 is 4.90 Å². The zero-order valence-corrected chi connectivity index (χ0v) is 23.5. The fourth-order valence-electron chi connectivity index (χ4n) is 5.51. The van der Waals surface area contributed by atoms with Crippen molar-refractivity contribution in [1.82, 2.24) is 0 Å². The second-order valence-corrected chi connectivity index (χ2v) is 10.9. The van der Waals surface area contributed by atoms with Crippen LogP contribution in [-0.2, 0) is 20.7 Å². The van der Waals surface area contributed by atoms with E-state index in [-0.39, 0.29) is 18.9 Å². The van der Waals surface area contributed by atoms with Gasteiger partial charge in [0.15, 0.2) is 0 Å². The van der Waals surface area contributed by atoms with Crippen LogP contribution in [0.4, 0.5) is 16.2 Å². The van der Waals surface area contributed by atoms with Crippen molar-refractivity contribution in [3.05, 3.63) is 92.4 Å². The molecule has 8 nitrogen and oxygen atoms in total. The molecule has 0 atom stereocenters. The molecule has 0 unspecified atom stereocenters. The fraction of sp³-hybridized carbons (Fsp3) is 0.355. The first-order chi connectivity index (χ1) is 18.4. The van der Waals surface area contributed by atoms with Gasteiger partial charge in [0.1, 0.15) is 12.2 Å². The summed E-state index contributed by atoms with van der Waals surface area (Å²) >= 11 is 0. The normalized spacial score (nSPS) is 12.3. The van der Waals surface area contributed by atoms with Crippen molar-refractivity contribution in [1.29, 1.82) is 0 Å². The predicted octanol–water partition coefficient (Wildman–Crippen LogP) is 7.82. The number of hydrogen-bond donors (Lipinski definition) is 0. The number of azide groups is 1. The van der Waals surface area contributed by atoms with E-state index in [2.05, 4.69) is 34.3 Å². The molecule has 0 aromatic heterocycles. The summed E-state index contributed by atoms with van der Waals surface area (Å²) in [4.78, 5) is 30.5. The number of ether oxygens (including phenoxy) is 2. The van der Waals surface area contributed by atoms with Crippen LogP contribution in [0.1, 0.15) is 60.1 Å². The number of amides is 1. The predicted molar refractivity (Wildman–Crippen MR) is 152 cm³/mol. The van der Waals surface area contributed by atoms with Crippen LogP contribution >= 0.6 is 0 Å². The number of fused-ring (bicyclic) bond motifs is 3. The van der Waals surface area contributed by atoms with Crippen LogP contribution in [0.2, 0.25) is 0 Å². The van der Waals surface area contributed by atoms with Crippen LogP contribution in [0.25, 0.3) is 21.6 Å². The zero-order chi connectivity index (χ0) is 28.5. The van der Waals surface area contributed by atoms with E-state index in [0.717, 1.165) is 27.8 Å². The Bertz CT molecular complexity index is 1450. The molecule has 0 fully saturated rings. The first-order valence-corrected chi connectivity index (χ1v) is 12.9. The smallest absolute Gasteiger partial charge is 0.414 e. The summed E-state index contributed by atoms with van der Waals surface area (Å²) in [6.07, 6.45) is -0.559. The van der Waals surface area contributed by atoms with Crippen molar-refractivity contribution < 1.29 is 19.1 Å². The molecule has 1 aliphatic rings. The molecule has 0 saturated carbocycles. The molecular weight excluding hydrogens is 492 g/mol. The summed E-state index contributed by atoms with van der Waals surface area (Å²) in [6.45, 7) is 11.0. The molecule has 0 bridgehead atoms. The molecule has 0 N–H and O–H groups in total. The van der Waals surface area contributed by atoms with Gasteiger partial charge in [0.25, 0.3) is 0 Å². The largest absolute Gasteiger partial charge is 0.460 e. The molecule has 202 valence electrons. The maximum atomic E-state index is 13.4.